The van der Waals surface area contributed by atoms with Gasteiger partial charge in [-0.2, -0.15) is 0 Å². The molecule has 36 heavy (non-hydrogen) atoms. The van der Waals surface area contributed by atoms with Crippen molar-refractivity contribution in [3.63, 3.8) is 0 Å². The van der Waals surface area contributed by atoms with E-state index >= 15 is 0 Å². The second-order valence-electron chi connectivity index (χ2n) is 8.28. The SMILES string of the molecule is O=C(CCc1c(-c2cccc([N+](=O)[O-])c2)nc2ccc(-c3ccccc3)cn12)Nc1ccc(F)cc1. The number of nitrogens with one attached hydrogen (secondary N) is 1. The number of amides is 1. The van der Waals surface area contributed by atoms with Crippen LogP contribution in [0.2, 0.25) is 0 Å². The third-order valence-corrected chi connectivity index (χ3v) is 5.87. The predicted molar refractivity (Wildman–Crippen MR) is 136 cm³/mol. The summed E-state index contributed by atoms with van der Waals surface area (Å²) in [6.07, 6.45) is 2.44. The Hall–Kier alpha value is -4.85. The van der Waals surface area contributed by atoms with Crippen molar-refractivity contribution < 1.29 is 14.1 Å². The van der Waals surface area contributed by atoms with Crippen molar-refractivity contribution in [1.82, 2.24) is 9.38 Å². The monoisotopic (exact) mass is 480 g/mol. The van der Waals surface area contributed by atoms with Gasteiger partial charge in [0.1, 0.15) is 11.5 Å². The quantitative estimate of drug-likeness (QED) is 0.219. The summed E-state index contributed by atoms with van der Waals surface area (Å²) in [4.78, 5) is 28.4. The van der Waals surface area contributed by atoms with Gasteiger partial charge in [0.25, 0.3) is 5.69 Å². The second-order valence-corrected chi connectivity index (χ2v) is 8.28. The van der Waals surface area contributed by atoms with Gasteiger partial charge < -0.3 is 9.72 Å². The summed E-state index contributed by atoms with van der Waals surface area (Å²) in [7, 11) is 0. The van der Waals surface area contributed by atoms with E-state index in [0.717, 1.165) is 16.8 Å². The zero-order valence-corrected chi connectivity index (χ0v) is 19.1. The molecule has 5 rings (SSSR count). The van der Waals surface area contributed by atoms with Crippen molar-refractivity contribution in [3.8, 4) is 22.4 Å². The number of nitrogens with zero attached hydrogens (tertiary/aromatic N) is 3. The number of rotatable bonds is 7. The van der Waals surface area contributed by atoms with Gasteiger partial charge in [-0.3, -0.25) is 14.9 Å². The highest BCUT2D eigenvalue weighted by Gasteiger charge is 2.18. The number of carbonyl (C=O) groups excluding carboxylic acids is 1. The summed E-state index contributed by atoms with van der Waals surface area (Å²) in [5.74, 6) is -0.615. The Kier molecular flexibility index (Phi) is 6.23. The number of halogens is 1. The highest BCUT2D eigenvalue weighted by atomic mass is 19.1. The zero-order valence-electron chi connectivity index (χ0n) is 19.1. The maximum Gasteiger partial charge on any atom is 0.270 e. The van der Waals surface area contributed by atoms with Gasteiger partial charge in [-0.25, -0.2) is 9.37 Å². The van der Waals surface area contributed by atoms with Gasteiger partial charge in [-0.15, -0.1) is 0 Å². The van der Waals surface area contributed by atoms with E-state index in [1.807, 2.05) is 53.1 Å². The van der Waals surface area contributed by atoms with Gasteiger partial charge in [-0.1, -0.05) is 42.5 Å². The average Bonchev–Trinajstić information content (AvgIpc) is 3.27. The first-order valence-corrected chi connectivity index (χ1v) is 11.3. The molecular formula is C28H21FN4O3. The van der Waals surface area contributed by atoms with Crippen LogP contribution in [0.1, 0.15) is 12.1 Å². The van der Waals surface area contributed by atoms with Crippen molar-refractivity contribution in [2.24, 2.45) is 0 Å². The number of hydrogen-bond acceptors (Lipinski definition) is 4. The van der Waals surface area contributed by atoms with Gasteiger partial charge in [0, 0.05) is 36.0 Å². The molecule has 0 atom stereocenters. The van der Waals surface area contributed by atoms with Crippen molar-refractivity contribution in [2.75, 3.05) is 5.32 Å². The highest BCUT2D eigenvalue weighted by molar-refractivity contribution is 5.91. The Morgan fingerprint density at radius 3 is 2.42 bits per heavy atom. The Labute approximate surface area is 206 Å². The molecule has 0 radical (unpaired) electrons. The lowest BCUT2D eigenvalue weighted by Gasteiger charge is -2.09. The minimum absolute atomic E-state index is 0.0328. The number of aromatic nitrogens is 2. The van der Waals surface area contributed by atoms with Gasteiger partial charge in [0.15, 0.2) is 0 Å². The van der Waals surface area contributed by atoms with Gasteiger partial charge in [0.2, 0.25) is 5.91 Å². The van der Waals surface area contributed by atoms with E-state index in [1.54, 1.807) is 12.1 Å². The number of carbonyl (C=O) groups is 1. The molecule has 7 nitrogen and oxygen atoms in total. The van der Waals surface area contributed by atoms with E-state index in [2.05, 4.69) is 5.32 Å². The van der Waals surface area contributed by atoms with Crippen molar-refractivity contribution in [1.29, 1.82) is 0 Å². The van der Waals surface area contributed by atoms with Crippen molar-refractivity contribution in [3.05, 3.63) is 119 Å². The molecule has 0 saturated carbocycles. The van der Waals surface area contributed by atoms with E-state index in [1.165, 1.54) is 36.4 Å². The maximum absolute atomic E-state index is 13.2. The molecule has 0 aliphatic carbocycles. The van der Waals surface area contributed by atoms with Gasteiger partial charge >= 0.3 is 0 Å². The lowest BCUT2D eigenvalue weighted by molar-refractivity contribution is -0.384. The van der Waals surface area contributed by atoms with Crippen LogP contribution < -0.4 is 5.32 Å². The molecule has 3 aromatic carbocycles. The van der Waals surface area contributed by atoms with E-state index in [-0.39, 0.29) is 23.8 Å². The topological polar surface area (TPSA) is 89.5 Å². The van der Waals surface area contributed by atoms with Crippen molar-refractivity contribution in [2.45, 2.75) is 12.8 Å². The van der Waals surface area contributed by atoms with E-state index < -0.39 is 4.92 Å². The largest absolute Gasteiger partial charge is 0.326 e. The molecule has 0 bridgehead atoms. The van der Waals surface area contributed by atoms with E-state index in [9.17, 15) is 19.3 Å². The minimum atomic E-state index is -0.442. The molecule has 5 aromatic rings. The molecule has 1 amide bonds. The second kappa shape index (κ2) is 9.79. The first-order valence-electron chi connectivity index (χ1n) is 11.3. The molecule has 0 spiro atoms. The Balaban J connectivity index is 1.53. The summed E-state index contributed by atoms with van der Waals surface area (Å²) in [5, 5.41) is 14.1. The Morgan fingerprint density at radius 1 is 0.917 bits per heavy atom. The third-order valence-electron chi connectivity index (χ3n) is 5.87. The van der Waals surface area contributed by atoms with Crippen LogP contribution in [0.3, 0.4) is 0 Å². The number of nitro benzene ring substituents is 1. The number of hydrogen-bond donors (Lipinski definition) is 1. The van der Waals surface area contributed by atoms with Crippen LogP contribution in [0.25, 0.3) is 28.0 Å². The Morgan fingerprint density at radius 2 is 1.67 bits per heavy atom. The summed E-state index contributed by atoms with van der Waals surface area (Å²) in [5.41, 5.74) is 5.09. The standard InChI is InChI=1S/C28H21FN4O3/c29-22-10-12-23(13-11-22)30-27(34)16-14-25-28(20-7-4-8-24(17-20)33(35)36)31-26-15-9-21(18-32(25)26)19-5-2-1-3-6-19/h1-13,15,17-18H,14,16H2,(H,30,34). The first kappa shape index (κ1) is 22.9. The van der Waals surface area contributed by atoms with E-state index in [4.69, 9.17) is 4.98 Å². The summed E-state index contributed by atoms with van der Waals surface area (Å²) in [6, 6.07) is 25.6. The normalized spacial score (nSPS) is 10.9. The van der Waals surface area contributed by atoms with Crippen LogP contribution in [-0.2, 0) is 11.2 Å². The smallest absolute Gasteiger partial charge is 0.270 e. The molecule has 8 heteroatoms. The molecule has 0 saturated heterocycles. The lowest BCUT2D eigenvalue weighted by Crippen LogP contribution is -2.13. The number of non-ortho nitro benzene ring substituents is 1. The predicted octanol–water partition coefficient (Wildman–Crippen LogP) is 6.29. The van der Waals surface area contributed by atoms with Crippen LogP contribution in [-0.4, -0.2) is 20.2 Å². The molecule has 0 fully saturated rings. The fraction of sp³-hybridized carbons (Fsp3) is 0.0714. The highest BCUT2D eigenvalue weighted by Crippen LogP contribution is 2.30. The molecule has 0 aliphatic heterocycles. The fourth-order valence-electron chi connectivity index (χ4n) is 4.12. The zero-order chi connectivity index (χ0) is 25.1. The van der Waals surface area contributed by atoms with Gasteiger partial charge in [-0.05, 0) is 53.9 Å². The summed E-state index contributed by atoms with van der Waals surface area (Å²) >= 11 is 0. The summed E-state index contributed by atoms with van der Waals surface area (Å²) in [6.45, 7) is 0. The van der Waals surface area contributed by atoms with Crippen LogP contribution >= 0.6 is 0 Å². The number of imidazole rings is 1. The Bertz CT molecular complexity index is 1560. The number of aryl methyl sites for hydroxylation is 1. The molecule has 0 unspecified atom stereocenters. The maximum atomic E-state index is 13.2. The minimum Gasteiger partial charge on any atom is -0.326 e. The van der Waals surface area contributed by atoms with Crippen LogP contribution in [0, 0.1) is 15.9 Å². The molecule has 178 valence electrons. The van der Waals surface area contributed by atoms with Crippen LogP contribution in [0.15, 0.2) is 97.2 Å². The number of fused-ring (bicyclic) bond motifs is 1. The first-order chi connectivity index (χ1) is 17.5. The molecule has 1 N–H and O–H groups in total. The number of pyridine rings is 1. The van der Waals surface area contributed by atoms with E-state index in [0.29, 0.717) is 29.0 Å². The molecule has 2 heterocycles. The van der Waals surface area contributed by atoms with Crippen LogP contribution in [0.4, 0.5) is 15.8 Å². The fourth-order valence-corrected chi connectivity index (χ4v) is 4.12. The van der Waals surface area contributed by atoms with Crippen molar-refractivity contribution >= 4 is 22.9 Å². The molecule has 0 aliphatic rings. The third kappa shape index (κ3) is 4.83. The number of benzene rings is 3. The summed E-state index contributed by atoms with van der Waals surface area (Å²) < 4.78 is 15.1. The number of nitro groups is 1. The molecule has 2 aromatic heterocycles. The lowest BCUT2D eigenvalue weighted by atomic mass is 10.1. The molecular weight excluding hydrogens is 459 g/mol. The van der Waals surface area contributed by atoms with Crippen LogP contribution in [0.5, 0.6) is 0 Å². The number of anilines is 1. The average molecular weight is 480 g/mol. The van der Waals surface area contributed by atoms with Gasteiger partial charge in [0.05, 0.1) is 16.3 Å².